The average molecular weight is 329 g/mol. The summed E-state index contributed by atoms with van der Waals surface area (Å²) >= 11 is 0. The maximum absolute atomic E-state index is 12.1. The summed E-state index contributed by atoms with van der Waals surface area (Å²) < 4.78 is 7.11. The average Bonchev–Trinajstić information content (AvgIpc) is 3.16. The Hall–Kier alpha value is -2.25. The van der Waals surface area contributed by atoms with Crippen LogP contribution in [0.4, 0.5) is 0 Å². The number of aromatic nitrogens is 3. The number of hydrogen-bond donors (Lipinski definition) is 1. The summed E-state index contributed by atoms with van der Waals surface area (Å²) in [5.41, 5.74) is 1.22. The Kier molecular flexibility index (Phi) is 5.92. The van der Waals surface area contributed by atoms with E-state index < -0.39 is 0 Å². The van der Waals surface area contributed by atoms with E-state index in [2.05, 4.69) is 32.4 Å². The van der Waals surface area contributed by atoms with Gasteiger partial charge in [0, 0.05) is 26.1 Å². The number of morpholine rings is 1. The first-order valence-corrected chi connectivity index (χ1v) is 8.29. The molecule has 2 heterocycles. The summed E-state index contributed by atoms with van der Waals surface area (Å²) in [4.78, 5) is 18.4. The second-order valence-electron chi connectivity index (χ2n) is 5.79. The van der Waals surface area contributed by atoms with E-state index in [0.717, 1.165) is 26.3 Å². The van der Waals surface area contributed by atoms with Gasteiger partial charge in [-0.2, -0.15) is 5.10 Å². The fourth-order valence-electron chi connectivity index (χ4n) is 2.89. The molecule has 1 aromatic carbocycles. The zero-order valence-electron chi connectivity index (χ0n) is 13.7. The number of nitrogens with one attached hydrogen (secondary N) is 1. The first kappa shape index (κ1) is 16.6. The summed E-state index contributed by atoms with van der Waals surface area (Å²) in [5, 5.41) is 7.07. The van der Waals surface area contributed by atoms with Gasteiger partial charge in [-0.1, -0.05) is 30.3 Å². The summed E-state index contributed by atoms with van der Waals surface area (Å²) in [6.07, 6.45) is 3.49. The quantitative estimate of drug-likeness (QED) is 0.816. The molecule has 24 heavy (non-hydrogen) atoms. The number of rotatable bonds is 7. The minimum atomic E-state index is 0.0275. The molecule has 0 saturated carbocycles. The van der Waals surface area contributed by atoms with Crippen LogP contribution < -0.4 is 5.32 Å². The van der Waals surface area contributed by atoms with Crippen LogP contribution in [0.3, 0.4) is 0 Å². The highest BCUT2D eigenvalue weighted by Gasteiger charge is 2.22. The fraction of sp³-hybridized carbons (Fsp3) is 0.471. The Balaban J connectivity index is 1.56. The molecule has 2 aromatic rings. The molecule has 0 unspecified atom stereocenters. The third-order valence-corrected chi connectivity index (χ3v) is 4.20. The molecule has 1 saturated heterocycles. The van der Waals surface area contributed by atoms with Crippen LogP contribution in [0, 0.1) is 0 Å². The molecule has 128 valence electrons. The zero-order chi connectivity index (χ0) is 16.6. The standard InChI is InChI=1S/C17H23N5O2/c23-17(6-7-22-14-18-13-20-22)19-12-16(15-4-2-1-3-5-15)21-8-10-24-11-9-21/h1-5,13-14,16H,6-12H2,(H,19,23)/t16-/m1/s1. The molecular weight excluding hydrogens is 306 g/mol. The third-order valence-electron chi connectivity index (χ3n) is 4.20. The molecule has 0 radical (unpaired) electrons. The van der Waals surface area contributed by atoms with Crippen molar-refractivity contribution in [1.82, 2.24) is 25.0 Å². The van der Waals surface area contributed by atoms with E-state index in [4.69, 9.17) is 4.74 Å². The Morgan fingerprint density at radius 1 is 1.25 bits per heavy atom. The highest BCUT2D eigenvalue weighted by molar-refractivity contribution is 5.75. The number of aryl methyl sites for hydroxylation is 1. The molecular formula is C17H23N5O2. The van der Waals surface area contributed by atoms with Gasteiger partial charge in [-0.3, -0.25) is 14.4 Å². The van der Waals surface area contributed by atoms with E-state index in [1.165, 1.54) is 11.9 Å². The van der Waals surface area contributed by atoms with E-state index in [1.807, 2.05) is 18.2 Å². The third kappa shape index (κ3) is 4.62. The van der Waals surface area contributed by atoms with Gasteiger partial charge >= 0.3 is 0 Å². The highest BCUT2D eigenvalue weighted by Crippen LogP contribution is 2.21. The lowest BCUT2D eigenvalue weighted by Gasteiger charge is -2.35. The van der Waals surface area contributed by atoms with Gasteiger partial charge in [0.25, 0.3) is 0 Å². The van der Waals surface area contributed by atoms with E-state index in [9.17, 15) is 4.79 Å². The summed E-state index contributed by atoms with van der Waals surface area (Å²) in [5.74, 6) is 0.0275. The van der Waals surface area contributed by atoms with E-state index in [1.54, 1.807) is 11.0 Å². The largest absolute Gasteiger partial charge is 0.379 e. The minimum Gasteiger partial charge on any atom is -0.379 e. The summed E-state index contributed by atoms with van der Waals surface area (Å²) in [7, 11) is 0. The van der Waals surface area contributed by atoms with Crippen molar-refractivity contribution in [2.45, 2.75) is 19.0 Å². The molecule has 7 nitrogen and oxygen atoms in total. The number of ether oxygens (including phenoxy) is 1. The molecule has 1 atom stereocenters. The second-order valence-corrected chi connectivity index (χ2v) is 5.79. The number of carbonyl (C=O) groups excluding carboxylic acids is 1. The van der Waals surface area contributed by atoms with Crippen LogP contribution in [0.1, 0.15) is 18.0 Å². The monoisotopic (exact) mass is 329 g/mol. The molecule has 1 aromatic heterocycles. The van der Waals surface area contributed by atoms with E-state index in [-0.39, 0.29) is 11.9 Å². The van der Waals surface area contributed by atoms with Crippen LogP contribution in [-0.4, -0.2) is 58.4 Å². The predicted molar refractivity (Wildman–Crippen MR) is 89.2 cm³/mol. The maximum atomic E-state index is 12.1. The lowest BCUT2D eigenvalue weighted by atomic mass is 10.0. The minimum absolute atomic E-state index is 0.0275. The highest BCUT2D eigenvalue weighted by atomic mass is 16.5. The number of carbonyl (C=O) groups is 1. The smallest absolute Gasteiger partial charge is 0.221 e. The van der Waals surface area contributed by atoms with Gasteiger partial charge in [0.2, 0.25) is 5.91 Å². The molecule has 0 aliphatic carbocycles. The predicted octanol–water partition coefficient (Wildman–Crippen LogP) is 0.858. The topological polar surface area (TPSA) is 72.3 Å². The fourth-order valence-corrected chi connectivity index (χ4v) is 2.89. The van der Waals surface area contributed by atoms with Crippen molar-refractivity contribution in [3.05, 3.63) is 48.5 Å². The molecule has 0 spiro atoms. The van der Waals surface area contributed by atoms with Crippen LogP contribution in [0.15, 0.2) is 43.0 Å². The van der Waals surface area contributed by atoms with Crippen LogP contribution in [0.2, 0.25) is 0 Å². The summed E-state index contributed by atoms with van der Waals surface area (Å²) in [6, 6.07) is 10.5. The first-order chi connectivity index (χ1) is 11.8. The van der Waals surface area contributed by atoms with Gasteiger partial charge in [0.15, 0.2) is 0 Å². The number of hydrogen-bond acceptors (Lipinski definition) is 5. The van der Waals surface area contributed by atoms with Gasteiger partial charge in [-0.15, -0.1) is 0 Å². The Morgan fingerprint density at radius 3 is 2.75 bits per heavy atom. The van der Waals surface area contributed by atoms with Crippen LogP contribution >= 0.6 is 0 Å². The lowest BCUT2D eigenvalue weighted by Crippen LogP contribution is -2.43. The number of benzene rings is 1. The van der Waals surface area contributed by atoms with Crippen molar-refractivity contribution < 1.29 is 9.53 Å². The second kappa shape index (κ2) is 8.56. The maximum Gasteiger partial charge on any atom is 0.221 e. The Bertz CT molecular complexity index is 611. The Labute approximate surface area is 141 Å². The van der Waals surface area contributed by atoms with Gasteiger partial charge in [-0.25, -0.2) is 4.98 Å². The lowest BCUT2D eigenvalue weighted by molar-refractivity contribution is -0.121. The van der Waals surface area contributed by atoms with Crippen molar-refractivity contribution in [3.63, 3.8) is 0 Å². The SMILES string of the molecule is O=C(CCn1cncn1)NC[C@H](c1ccccc1)N1CCOCC1. The normalized spacial score (nSPS) is 16.7. The zero-order valence-corrected chi connectivity index (χ0v) is 13.7. The van der Waals surface area contributed by atoms with Crippen molar-refractivity contribution in [3.8, 4) is 0 Å². The molecule has 1 N–H and O–H groups in total. The van der Waals surface area contributed by atoms with Gasteiger partial charge in [0.1, 0.15) is 12.7 Å². The van der Waals surface area contributed by atoms with Gasteiger partial charge < -0.3 is 10.1 Å². The summed E-state index contributed by atoms with van der Waals surface area (Å²) in [6.45, 7) is 4.38. The van der Waals surface area contributed by atoms with Crippen molar-refractivity contribution in [2.24, 2.45) is 0 Å². The molecule has 1 fully saturated rings. The van der Waals surface area contributed by atoms with Crippen molar-refractivity contribution >= 4 is 5.91 Å². The Morgan fingerprint density at radius 2 is 2.04 bits per heavy atom. The van der Waals surface area contributed by atoms with Crippen LogP contribution in [0.5, 0.6) is 0 Å². The molecule has 1 amide bonds. The van der Waals surface area contributed by atoms with E-state index in [0.29, 0.717) is 19.5 Å². The first-order valence-electron chi connectivity index (χ1n) is 8.29. The molecule has 3 rings (SSSR count). The molecule has 0 bridgehead atoms. The number of nitrogens with zero attached hydrogens (tertiary/aromatic N) is 4. The van der Waals surface area contributed by atoms with Crippen LogP contribution in [0.25, 0.3) is 0 Å². The van der Waals surface area contributed by atoms with Gasteiger partial charge in [0.05, 0.1) is 25.8 Å². The van der Waals surface area contributed by atoms with E-state index >= 15 is 0 Å². The van der Waals surface area contributed by atoms with Crippen molar-refractivity contribution in [2.75, 3.05) is 32.8 Å². The molecule has 1 aliphatic heterocycles. The molecule has 1 aliphatic rings. The van der Waals surface area contributed by atoms with Crippen LogP contribution in [-0.2, 0) is 16.1 Å². The molecule has 7 heteroatoms. The number of amides is 1. The van der Waals surface area contributed by atoms with Crippen molar-refractivity contribution in [1.29, 1.82) is 0 Å². The van der Waals surface area contributed by atoms with Gasteiger partial charge in [-0.05, 0) is 5.56 Å².